The van der Waals surface area contributed by atoms with Crippen LogP contribution in [0.5, 0.6) is 0 Å². The molecule has 1 aromatic heterocycles. The van der Waals surface area contributed by atoms with Crippen LogP contribution in [-0.2, 0) is 10.0 Å². The summed E-state index contributed by atoms with van der Waals surface area (Å²) in [7, 11) is -3.23. The van der Waals surface area contributed by atoms with Crippen molar-refractivity contribution in [3.05, 3.63) is 23.9 Å². The maximum atomic E-state index is 12.3. The lowest BCUT2D eigenvalue weighted by atomic mass is 9.98. The molecule has 2 fully saturated rings. The van der Waals surface area contributed by atoms with Gasteiger partial charge in [0.25, 0.3) is 5.91 Å². The number of nitrogens with zero attached hydrogens (tertiary/aromatic N) is 2. The Bertz CT molecular complexity index is 670. The van der Waals surface area contributed by atoms with Crippen molar-refractivity contribution >= 4 is 21.7 Å². The minimum Gasteiger partial charge on any atom is -0.384 e. The van der Waals surface area contributed by atoms with E-state index in [9.17, 15) is 13.2 Å². The number of nitrogens with two attached hydrogens (primary N) is 1. The second-order valence-corrected chi connectivity index (χ2v) is 8.12. The van der Waals surface area contributed by atoms with E-state index in [4.69, 9.17) is 5.73 Å². The van der Waals surface area contributed by atoms with Gasteiger partial charge < -0.3 is 11.1 Å². The van der Waals surface area contributed by atoms with Gasteiger partial charge in [0, 0.05) is 25.3 Å². The van der Waals surface area contributed by atoms with Crippen LogP contribution in [0.4, 0.5) is 5.82 Å². The lowest BCUT2D eigenvalue weighted by Gasteiger charge is -2.19. The molecule has 0 spiro atoms. The lowest BCUT2D eigenvalue weighted by molar-refractivity contribution is 0.0928. The van der Waals surface area contributed by atoms with Crippen molar-refractivity contribution in [2.24, 2.45) is 11.8 Å². The predicted octanol–water partition coefficient (Wildman–Crippen LogP) is 0.0636. The van der Waals surface area contributed by atoms with Crippen molar-refractivity contribution in [1.29, 1.82) is 0 Å². The first-order chi connectivity index (χ1) is 10.3. The molecule has 3 rings (SSSR count). The van der Waals surface area contributed by atoms with Crippen molar-refractivity contribution in [3.8, 4) is 0 Å². The number of pyridine rings is 1. The number of carbonyl (C=O) groups is 1. The number of sulfonamides is 1. The first kappa shape index (κ1) is 15.2. The van der Waals surface area contributed by atoms with E-state index in [1.54, 1.807) is 12.1 Å². The molecule has 0 aromatic carbocycles. The molecule has 1 saturated heterocycles. The smallest absolute Gasteiger partial charge is 0.253 e. The molecule has 0 bridgehead atoms. The number of amides is 1. The second kappa shape index (κ2) is 5.51. The molecular weight excluding hydrogens is 304 g/mol. The maximum absolute atomic E-state index is 12.3. The highest BCUT2D eigenvalue weighted by atomic mass is 32.2. The number of hydrogen-bond acceptors (Lipinski definition) is 5. The molecule has 120 valence electrons. The van der Waals surface area contributed by atoms with Gasteiger partial charge in [-0.2, -0.15) is 4.31 Å². The van der Waals surface area contributed by atoms with E-state index in [0.29, 0.717) is 30.4 Å². The Labute approximate surface area is 129 Å². The number of rotatable bonds is 4. The standard InChI is InChI=1S/C14H20N4O3S/c1-22(20,21)18-7-11(9-2-3-9)12(8-18)17-14(19)10-4-5-13(15)16-6-10/h4-6,9,11-12H,2-3,7-8H2,1H3,(H2,15,16)(H,17,19)/t11-,12+/m1/s1. The van der Waals surface area contributed by atoms with Gasteiger partial charge in [-0.15, -0.1) is 0 Å². The number of anilines is 1. The highest BCUT2D eigenvalue weighted by Gasteiger charge is 2.45. The molecule has 1 aliphatic carbocycles. The van der Waals surface area contributed by atoms with Crippen LogP contribution in [0.15, 0.2) is 18.3 Å². The third-order valence-corrected chi connectivity index (χ3v) is 5.63. The summed E-state index contributed by atoms with van der Waals surface area (Å²) in [5.41, 5.74) is 5.94. The summed E-state index contributed by atoms with van der Waals surface area (Å²) in [4.78, 5) is 16.2. The highest BCUT2D eigenvalue weighted by molar-refractivity contribution is 7.88. The average molecular weight is 324 g/mol. The summed E-state index contributed by atoms with van der Waals surface area (Å²) in [5, 5.41) is 2.96. The van der Waals surface area contributed by atoms with Crippen molar-refractivity contribution in [2.75, 3.05) is 25.1 Å². The number of hydrogen-bond donors (Lipinski definition) is 2. The maximum Gasteiger partial charge on any atom is 0.253 e. The van der Waals surface area contributed by atoms with Crippen LogP contribution in [0.25, 0.3) is 0 Å². The summed E-state index contributed by atoms with van der Waals surface area (Å²) >= 11 is 0. The largest absolute Gasteiger partial charge is 0.384 e. The molecular formula is C14H20N4O3S. The molecule has 2 aliphatic rings. The molecule has 1 amide bonds. The Hall–Kier alpha value is -1.67. The minimum absolute atomic E-state index is 0.146. The van der Waals surface area contributed by atoms with Gasteiger partial charge in [-0.25, -0.2) is 13.4 Å². The number of nitrogens with one attached hydrogen (secondary N) is 1. The Morgan fingerprint density at radius 2 is 2.09 bits per heavy atom. The molecule has 1 aliphatic heterocycles. The zero-order valence-electron chi connectivity index (χ0n) is 12.4. The molecule has 1 aromatic rings. The lowest BCUT2D eigenvalue weighted by Crippen LogP contribution is -2.41. The zero-order chi connectivity index (χ0) is 15.9. The van der Waals surface area contributed by atoms with Gasteiger partial charge in [0.2, 0.25) is 10.0 Å². The average Bonchev–Trinajstić information content (AvgIpc) is 3.19. The second-order valence-electron chi connectivity index (χ2n) is 6.13. The number of nitrogen functional groups attached to an aromatic ring is 1. The van der Waals surface area contributed by atoms with E-state index in [1.165, 1.54) is 16.8 Å². The van der Waals surface area contributed by atoms with Crippen molar-refractivity contribution < 1.29 is 13.2 Å². The SMILES string of the molecule is CS(=O)(=O)N1C[C@H](NC(=O)c2ccc(N)nc2)[C@@H](C2CC2)C1. The number of carbonyl (C=O) groups excluding carboxylic acids is 1. The van der Waals surface area contributed by atoms with Crippen molar-refractivity contribution in [2.45, 2.75) is 18.9 Å². The van der Waals surface area contributed by atoms with Crippen LogP contribution in [0, 0.1) is 11.8 Å². The topological polar surface area (TPSA) is 105 Å². The Balaban J connectivity index is 1.72. The third kappa shape index (κ3) is 3.22. The normalized spacial score (nSPS) is 26.0. The van der Waals surface area contributed by atoms with E-state index in [2.05, 4.69) is 10.3 Å². The van der Waals surface area contributed by atoms with Gasteiger partial charge in [-0.3, -0.25) is 4.79 Å². The van der Waals surface area contributed by atoms with E-state index >= 15 is 0 Å². The Morgan fingerprint density at radius 1 is 1.36 bits per heavy atom. The van der Waals surface area contributed by atoms with Crippen LogP contribution in [-0.4, -0.2) is 49.0 Å². The predicted molar refractivity (Wildman–Crippen MR) is 82.5 cm³/mol. The van der Waals surface area contributed by atoms with Crippen LogP contribution < -0.4 is 11.1 Å². The van der Waals surface area contributed by atoms with Gasteiger partial charge >= 0.3 is 0 Å². The summed E-state index contributed by atoms with van der Waals surface area (Å²) in [6, 6.07) is 3.05. The molecule has 3 N–H and O–H groups in total. The van der Waals surface area contributed by atoms with Crippen LogP contribution >= 0.6 is 0 Å². The van der Waals surface area contributed by atoms with E-state index in [0.717, 1.165) is 12.8 Å². The summed E-state index contributed by atoms with van der Waals surface area (Å²) < 4.78 is 25.0. The Kier molecular flexibility index (Phi) is 3.82. The molecule has 22 heavy (non-hydrogen) atoms. The quantitative estimate of drug-likeness (QED) is 0.815. The van der Waals surface area contributed by atoms with Crippen LogP contribution in [0.3, 0.4) is 0 Å². The van der Waals surface area contributed by atoms with Gasteiger partial charge in [-0.05, 0) is 36.8 Å². The third-order valence-electron chi connectivity index (χ3n) is 4.39. The van der Waals surface area contributed by atoms with Crippen molar-refractivity contribution in [1.82, 2.24) is 14.6 Å². The van der Waals surface area contributed by atoms with Crippen molar-refractivity contribution in [3.63, 3.8) is 0 Å². The molecule has 0 unspecified atom stereocenters. The summed E-state index contributed by atoms with van der Waals surface area (Å²) in [6.45, 7) is 0.836. The minimum atomic E-state index is -3.23. The first-order valence-corrected chi connectivity index (χ1v) is 9.17. The van der Waals surface area contributed by atoms with E-state index < -0.39 is 10.0 Å². The fourth-order valence-corrected chi connectivity index (χ4v) is 3.88. The molecule has 1 saturated carbocycles. The highest BCUT2D eigenvalue weighted by Crippen LogP contribution is 2.41. The Morgan fingerprint density at radius 3 is 2.64 bits per heavy atom. The first-order valence-electron chi connectivity index (χ1n) is 7.32. The van der Waals surface area contributed by atoms with Gasteiger partial charge in [-0.1, -0.05) is 0 Å². The van der Waals surface area contributed by atoms with E-state index in [1.807, 2.05) is 0 Å². The van der Waals surface area contributed by atoms with Gasteiger partial charge in [0.15, 0.2) is 0 Å². The summed E-state index contributed by atoms with van der Waals surface area (Å²) in [6.07, 6.45) is 4.86. The summed E-state index contributed by atoms with van der Waals surface area (Å²) in [5.74, 6) is 0.831. The molecule has 0 radical (unpaired) electrons. The van der Waals surface area contributed by atoms with Crippen LogP contribution in [0.1, 0.15) is 23.2 Å². The zero-order valence-corrected chi connectivity index (χ0v) is 13.2. The number of aromatic nitrogens is 1. The van der Waals surface area contributed by atoms with E-state index in [-0.39, 0.29) is 17.9 Å². The fourth-order valence-electron chi connectivity index (χ4n) is 3.01. The molecule has 2 atom stereocenters. The fraction of sp³-hybridized carbons (Fsp3) is 0.571. The monoisotopic (exact) mass is 324 g/mol. The van der Waals surface area contributed by atoms with Gasteiger partial charge in [0.1, 0.15) is 5.82 Å². The molecule has 2 heterocycles. The molecule has 8 heteroatoms. The van der Waals surface area contributed by atoms with Gasteiger partial charge in [0.05, 0.1) is 11.8 Å². The van der Waals surface area contributed by atoms with Crippen LogP contribution in [0.2, 0.25) is 0 Å². The molecule has 7 nitrogen and oxygen atoms in total.